The Labute approximate surface area is 213 Å². The maximum absolute atomic E-state index is 12.9. The van der Waals surface area contributed by atoms with E-state index in [1.165, 1.54) is 6.08 Å². The van der Waals surface area contributed by atoms with Crippen LogP contribution in [-0.2, 0) is 14.3 Å². The maximum Gasteiger partial charge on any atom is 0.337 e. The van der Waals surface area contributed by atoms with E-state index in [1.54, 1.807) is 62.6 Å². The van der Waals surface area contributed by atoms with Gasteiger partial charge < -0.3 is 20.1 Å². The first-order valence-corrected chi connectivity index (χ1v) is 12.0. The first-order valence-electron chi connectivity index (χ1n) is 10.6. The normalized spacial score (nSPS) is 15.1. The third kappa shape index (κ3) is 6.27. The monoisotopic (exact) mass is 509 g/mol. The van der Waals surface area contributed by atoms with Crippen LogP contribution in [0.2, 0.25) is 5.02 Å². The molecule has 35 heavy (non-hydrogen) atoms. The number of carbonyl (C=O) groups is 2. The van der Waals surface area contributed by atoms with Crippen LogP contribution in [0.1, 0.15) is 18.4 Å². The molecule has 0 saturated carbocycles. The van der Waals surface area contributed by atoms with Gasteiger partial charge in [-0.05, 0) is 30.7 Å². The molecule has 0 radical (unpaired) electrons. The van der Waals surface area contributed by atoms with Crippen LogP contribution in [-0.4, -0.2) is 31.3 Å². The average Bonchev–Trinajstić information content (AvgIpc) is 2.86. The summed E-state index contributed by atoms with van der Waals surface area (Å²) in [6.07, 6.45) is 1.47. The van der Waals surface area contributed by atoms with E-state index in [1.807, 2.05) is 0 Å². The number of benzene rings is 2. The summed E-state index contributed by atoms with van der Waals surface area (Å²) < 4.78 is 10.5. The predicted octanol–water partition coefficient (Wildman–Crippen LogP) is 5.15. The second-order valence-corrected chi connectivity index (χ2v) is 8.82. The Morgan fingerprint density at radius 1 is 1.29 bits per heavy atom. The number of dihydropyridines is 1. The number of rotatable bonds is 9. The highest BCUT2D eigenvalue weighted by molar-refractivity contribution is 8.03. The molecule has 2 N–H and O–H groups in total. The second-order valence-electron chi connectivity index (χ2n) is 7.43. The van der Waals surface area contributed by atoms with Crippen LogP contribution >= 0.6 is 23.4 Å². The molecule has 1 aliphatic heterocycles. The molecule has 0 fully saturated rings. The highest BCUT2D eigenvalue weighted by Crippen LogP contribution is 2.43. The molecule has 1 aliphatic rings. The van der Waals surface area contributed by atoms with Gasteiger partial charge >= 0.3 is 5.97 Å². The fourth-order valence-electron chi connectivity index (χ4n) is 3.57. The predicted molar refractivity (Wildman–Crippen MR) is 138 cm³/mol. The van der Waals surface area contributed by atoms with E-state index < -0.39 is 11.9 Å². The van der Waals surface area contributed by atoms with Crippen molar-refractivity contribution in [2.75, 3.05) is 24.8 Å². The molecule has 9 heteroatoms. The van der Waals surface area contributed by atoms with E-state index in [9.17, 15) is 14.9 Å². The Kier molecular flexibility index (Phi) is 9.01. The lowest BCUT2D eigenvalue weighted by atomic mass is 9.82. The Hall–Kier alpha value is -3.67. The number of allylic oxidation sites excluding steroid dienone is 2. The van der Waals surface area contributed by atoms with Crippen molar-refractivity contribution in [2.45, 2.75) is 12.8 Å². The highest BCUT2D eigenvalue weighted by Gasteiger charge is 2.36. The van der Waals surface area contributed by atoms with E-state index in [4.69, 9.17) is 21.1 Å². The molecule has 0 aromatic heterocycles. The number of carbonyl (C=O) groups excluding carboxylic acids is 2. The fraction of sp³-hybridized carbons (Fsp3) is 0.192. The van der Waals surface area contributed by atoms with Gasteiger partial charge in [0.1, 0.15) is 12.4 Å². The van der Waals surface area contributed by atoms with Crippen LogP contribution < -0.4 is 15.4 Å². The molecule has 1 atom stereocenters. The number of methoxy groups -OCH3 is 1. The molecule has 7 nitrogen and oxygen atoms in total. The van der Waals surface area contributed by atoms with Crippen LogP contribution in [0.3, 0.4) is 0 Å². The summed E-state index contributed by atoms with van der Waals surface area (Å²) in [4.78, 5) is 25.5. The van der Waals surface area contributed by atoms with Crippen molar-refractivity contribution in [1.82, 2.24) is 5.32 Å². The fourth-order valence-corrected chi connectivity index (χ4v) is 4.70. The van der Waals surface area contributed by atoms with Gasteiger partial charge in [-0.15, -0.1) is 0 Å². The van der Waals surface area contributed by atoms with E-state index >= 15 is 0 Å². The number of amides is 1. The van der Waals surface area contributed by atoms with Crippen molar-refractivity contribution in [3.63, 3.8) is 0 Å². The number of nitrogens with one attached hydrogen (secondary N) is 2. The van der Waals surface area contributed by atoms with Crippen molar-refractivity contribution < 1.29 is 19.1 Å². The highest BCUT2D eigenvalue weighted by atomic mass is 35.5. The molecule has 0 aliphatic carbocycles. The molecule has 1 amide bonds. The van der Waals surface area contributed by atoms with Crippen molar-refractivity contribution >= 4 is 40.9 Å². The molecule has 2 aromatic carbocycles. The van der Waals surface area contributed by atoms with E-state index in [0.717, 1.165) is 11.8 Å². The molecule has 3 rings (SSSR count). The van der Waals surface area contributed by atoms with Gasteiger partial charge in [-0.2, -0.15) is 5.26 Å². The van der Waals surface area contributed by atoms with Gasteiger partial charge in [0.25, 0.3) is 0 Å². The average molecular weight is 510 g/mol. The molecule has 0 saturated heterocycles. The van der Waals surface area contributed by atoms with Crippen molar-refractivity contribution in [1.29, 1.82) is 5.26 Å². The van der Waals surface area contributed by atoms with Crippen molar-refractivity contribution in [3.8, 4) is 11.8 Å². The molecule has 2 aromatic rings. The number of thioether (sulfide) groups is 1. The van der Waals surface area contributed by atoms with Gasteiger partial charge in [-0.3, -0.25) is 4.79 Å². The van der Waals surface area contributed by atoms with Crippen LogP contribution in [0, 0.1) is 11.3 Å². The molecule has 1 heterocycles. The third-order valence-corrected chi connectivity index (χ3v) is 6.48. The Morgan fingerprint density at radius 2 is 2.06 bits per heavy atom. The van der Waals surface area contributed by atoms with Gasteiger partial charge in [0.2, 0.25) is 5.91 Å². The number of hydrogen-bond donors (Lipinski definition) is 2. The molecule has 180 valence electrons. The summed E-state index contributed by atoms with van der Waals surface area (Å²) in [6.45, 7) is 5.32. The molecule has 0 spiro atoms. The minimum atomic E-state index is -0.754. The smallest absolute Gasteiger partial charge is 0.337 e. The quantitative estimate of drug-likeness (QED) is 0.356. The molecule has 0 bridgehead atoms. The molecular weight excluding hydrogens is 486 g/mol. The standard InChI is InChI=1S/C26H24ClN3O4S/c1-4-12-34-26(32)23-16(2)29-25(20(14-28)24(23)19-10-5-6-11-21(19)27)35-15-22(31)30-17-8-7-9-18(13-17)33-3/h4-11,13,24,29H,1,12,15H2,2-3H3,(H,30,31)/t24-/m1/s1. The van der Waals surface area contributed by atoms with Crippen molar-refractivity contribution in [2.24, 2.45) is 0 Å². The van der Waals surface area contributed by atoms with Crippen molar-refractivity contribution in [3.05, 3.63) is 93.6 Å². The zero-order chi connectivity index (χ0) is 25.4. The van der Waals surface area contributed by atoms with Crippen LogP contribution in [0.25, 0.3) is 0 Å². The number of esters is 1. The summed E-state index contributed by atoms with van der Waals surface area (Å²) in [7, 11) is 1.55. The minimum absolute atomic E-state index is 0.0303. The van der Waals surface area contributed by atoms with Gasteiger partial charge in [0.15, 0.2) is 0 Å². The van der Waals surface area contributed by atoms with Gasteiger partial charge in [0, 0.05) is 22.5 Å². The van der Waals surface area contributed by atoms with Gasteiger partial charge in [-0.1, -0.05) is 60.3 Å². The van der Waals surface area contributed by atoms with Gasteiger partial charge in [0.05, 0.1) is 41.0 Å². The minimum Gasteiger partial charge on any atom is -0.497 e. The summed E-state index contributed by atoms with van der Waals surface area (Å²) in [6, 6.07) is 16.2. The zero-order valence-electron chi connectivity index (χ0n) is 19.3. The first kappa shape index (κ1) is 25.9. The Bertz CT molecular complexity index is 1250. The molecule has 0 unspecified atom stereocenters. The second kappa shape index (κ2) is 12.2. The summed E-state index contributed by atoms with van der Waals surface area (Å²) >= 11 is 7.63. The zero-order valence-corrected chi connectivity index (χ0v) is 20.8. The third-order valence-electron chi connectivity index (χ3n) is 5.12. The Morgan fingerprint density at radius 3 is 2.74 bits per heavy atom. The number of hydrogen-bond acceptors (Lipinski definition) is 7. The number of ether oxygens (including phenoxy) is 2. The number of halogens is 1. The summed E-state index contributed by atoms with van der Waals surface area (Å²) in [5.41, 5.74) is 2.25. The largest absolute Gasteiger partial charge is 0.497 e. The van der Waals surface area contributed by atoms with Crippen LogP contribution in [0.5, 0.6) is 5.75 Å². The van der Waals surface area contributed by atoms with E-state index in [2.05, 4.69) is 23.3 Å². The number of nitrogens with zero attached hydrogens (tertiary/aromatic N) is 1. The van der Waals surface area contributed by atoms with Crippen LogP contribution in [0.4, 0.5) is 5.69 Å². The maximum atomic E-state index is 12.9. The van der Waals surface area contributed by atoms with E-state index in [0.29, 0.717) is 32.7 Å². The lowest BCUT2D eigenvalue weighted by Crippen LogP contribution is -2.29. The summed E-state index contributed by atoms with van der Waals surface area (Å²) in [5.74, 6) is -0.938. The number of nitriles is 1. The lowest BCUT2D eigenvalue weighted by Gasteiger charge is -2.29. The van der Waals surface area contributed by atoms with Crippen LogP contribution in [0.15, 0.2) is 83.1 Å². The molecular formula is C26H24ClN3O4S. The number of anilines is 1. The first-order chi connectivity index (χ1) is 16.9. The van der Waals surface area contributed by atoms with E-state index in [-0.39, 0.29) is 29.4 Å². The van der Waals surface area contributed by atoms with Gasteiger partial charge in [-0.25, -0.2) is 4.79 Å². The Balaban J connectivity index is 1.90. The topological polar surface area (TPSA) is 100 Å². The summed E-state index contributed by atoms with van der Waals surface area (Å²) in [5, 5.41) is 16.9. The lowest BCUT2D eigenvalue weighted by molar-refractivity contribution is -0.138. The SMILES string of the molecule is C=CCOC(=O)C1=C(C)NC(SCC(=O)Nc2cccc(OC)c2)=C(C#N)[C@H]1c1ccccc1Cl.